The van der Waals surface area contributed by atoms with Crippen molar-refractivity contribution in [3.8, 4) is 11.5 Å². The summed E-state index contributed by atoms with van der Waals surface area (Å²) >= 11 is 0. The molecule has 126 valence electrons. The monoisotopic (exact) mass is 335 g/mol. The van der Waals surface area contributed by atoms with E-state index in [1.165, 1.54) is 5.56 Å². The minimum absolute atomic E-state index is 0. The topological polar surface area (TPSA) is 30.5 Å². The molecule has 2 rings (SSSR count). The Kier molecular flexibility index (Phi) is 8.52. The molecule has 0 amide bonds. The van der Waals surface area contributed by atoms with Crippen LogP contribution in [0.5, 0.6) is 11.5 Å². The fourth-order valence-electron chi connectivity index (χ4n) is 2.69. The Morgan fingerprint density at radius 2 is 1.70 bits per heavy atom. The van der Waals surface area contributed by atoms with Gasteiger partial charge >= 0.3 is 0 Å². The third-order valence-electron chi connectivity index (χ3n) is 3.80. The molecule has 2 aromatic carbocycles. The number of nitrogens with one attached hydrogen (secondary N) is 1. The van der Waals surface area contributed by atoms with Crippen LogP contribution in [0.2, 0.25) is 0 Å². The molecule has 4 heteroatoms. The molecular formula is C19H26ClNO2. The summed E-state index contributed by atoms with van der Waals surface area (Å²) in [6.07, 6.45) is 2.25. The predicted molar refractivity (Wildman–Crippen MR) is 97.7 cm³/mol. The van der Waals surface area contributed by atoms with E-state index in [2.05, 4.69) is 48.6 Å². The number of benzene rings is 2. The van der Waals surface area contributed by atoms with E-state index in [4.69, 9.17) is 9.47 Å². The van der Waals surface area contributed by atoms with Crippen LogP contribution < -0.4 is 14.8 Å². The summed E-state index contributed by atoms with van der Waals surface area (Å²) in [7, 11) is 3.35. The molecular weight excluding hydrogens is 310 g/mol. The first kappa shape index (κ1) is 19.3. The van der Waals surface area contributed by atoms with Gasteiger partial charge in [-0.15, -0.1) is 12.4 Å². The molecule has 1 N–H and O–H groups in total. The summed E-state index contributed by atoms with van der Waals surface area (Å²) < 4.78 is 10.9. The molecule has 0 saturated heterocycles. The summed E-state index contributed by atoms with van der Waals surface area (Å²) in [6, 6.07) is 16.9. The van der Waals surface area contributed by atoms with Gasteiger partial charge in [0.15, 0.2) is 11.5 Å². The third-order valence-corrected chi connectivity index (χ3v) is 3.80. The molecule has 0 aliphatic carbocycles. The number of rotatable bonds is 8. The maximum absolute atomic E-state index is 5.50. The Balaban J connectivity index is 0.00000264. The highest BCUT2D eigenvalue weighted by atomic mass is 35.5. The Labute approximate surface area is 145 Å². The molecule has 0 aliphatic rings. The van der Waals surface area contributed by atoms with E-state index in [-0.39, 0.29) is 12.4 Å². The number of ether oxygens (including phenoxy) is 2. The van der Waals surface area contributed by atoms with E-state index < -0.39 is 0 Å². The van der Waals surface area contributed by atoms with Gasteiger partial charge in [-0.25, -0.2) is 0 Å². The molecule has 0 heterocycles. The van der Waals surface area contributed by atoms with Crippen LogP contribution in [0.4, 0.5) is 0 Å². The highest BCUT2D eigenvalue weighted by molar-refractivity contribution is 5.85. The molecule has 0 radical (unpaired) electrons. The van der Waals surface area contributed by atoms with Crippen molar-refractivity contribution < 1.29 is 9.47 Å². The smallest absolute Gasteiger partial charge is 0.165 e. The largest absolute Gasteiger partial charge is 0.493 e. The summed E-state index contributed by atoms with van der Waals surface area (Å²) in [5, 5.41) is 3.64. The normalized spacial score (nSPS) is 11.4. The fraction of sp³-hybridized carbons (Fsp3) is 0.368. The van der Waals surface area contributed by atoms with Crippen LogP contribution in [-0.4, -0.2) is 14.2 Å². The Bertz CT molecular complexity index is 575. The molecule has 0 saturated carbocycles. The van der Waals surface area contributed by atoms with Crippen LogP contribution in [-0.2, 0) is 6.54 Å². The quantitative estimate of drug-likeness (QED) is 0.754. The van der Waals surface area contributed by atoms with Crippen molar-refractivity contribution in [3.05, 3.63) is 59.7 Å². The van der Waals surface area contributed by atoms with Gasteiger partial charge in [0.25, 0.3) is 0 Å². The molecule has 0 aliphatic heterocycles. The van der Waals surface area contributed by atoms with Crippen molar-refractivity contribution in [1.29, 1.82) is 0 Å². The van der Waals surface area contributed by atoms with Gasteiger partial charge in [-0.05, 0) is 18.1 Å². The van der Waals surface area contributed by atoms with E-state index in [1.807, 2.05) is 12.1 Å². The minimum Gasteiger partial charge on any atom is -0.493 e. The van der Waals surface area contributed by atoms with Gasteiger partial charge in [-0.1, -0.05) is 55.8 Å². The average molecular weight is 336 g/mol. The standard InChI is InChI=1S/C19H25NO2.ClH/c1-4-9-17(15-10-6-5-7-11-15)20-14-16-12-8-13-18(21-2)19(16)22-3;/h5-8,10-13,17,20H,4,9,14H2,1-3H3;1H. The zero-order valence-electron chi connectivity index (χ0n) is 14.0. The Morgan fingerprint density at radius 1 is 0.957 bits per heavy atom. The number of hydrogen-bond donors (Lipinski definition) is 1. The van der Waals surface area contributed by atoms with Gasteiger partial charge in [-0.3, -0.25) is 0 Å². The SMILES string of the molecule is CCCC(NCc1cccc(OC)c1OC)c1ccccc1.Cl. The lowest BCUT2D eigenvalue weighted by atomic mass is 10.0. The molecule has 23 heavy (non-hydrogen) atoms. The van der Waals surface area contributed by atoms with E-state index >= 15 is 0 Å². The van der Waals surface area contributed by atoms with E-state index in [0.717, 1.165) is 36.4 Å². The van der Waals surface area contributed by atoms with Crippen molar-refractivity contribution >= 4 is 12.4 Å². The van der Waals surface area contributed by atoms with Crippen LogP contribution in [0.1, 0.15) is 36.9 Å². The van der Waals surface area contributed by atoms with Gasteiger partial charge in [-0.2, -0.15) is 0 Å². The molecule has 3 nitrogen and oxygen atoms in total. The number of hydrogen-bond acceptors (Lipinski definition) is 3. The maximum atomic E-state index is 5.50. The van der Waals surface area contributed by atoms with Gasteiger partial charge in [0.2, 0.25) is 0 Å². The second-order valence-electron chi connectivity index (χ2n) is 5.29. The summed E-state index contributed by atoms with van der Waals surface area (Å²) in [5.74, 6) is 1.58. The summed E-state index contributed by atoms with van der Waals surface area (Å²) in [4.78, 5) is 0. The molecule has 1 unspecified atom stereocenters. The second kappa shape index (κ2) is 10.1. The highest BCUT2D eigenvalue weighted by Crippen LogP contribution is 2.31. The molecule has 0 aromatic heterocycles. The number of methoxy groups -OCH3 is 2. The summed E-state index contributed by atoms with van der Waals surface area (Å²) in [6.45, 7) is 2.96. The Hall–Kier alpha value is -1.71. The highest BCUT2D eigenvalue weighted by Gasteiger charge is 2.13. The lowest BCUT2D eigenvalue weighted by Gasteiger charge is -2.20. The first-order chi connectivity index (χ1) is 10.8. The molecule has 1 atom stereocenters. The zero-order valence-corrected chi connectivity index (χ0v) is 14.9. The van der Waals surface area contributed by atoms with Crippen LogP contribution in [0, 0.1) is 0 Å². The molecule has 0 bridgehead atoms. The van der Waals surface area contributed by atoms with Crippen LogP contribution in [0.3, 0.4) is 0 Å². The molecule has 0 fully saturated rings. The maximum Gasteiger partial charge on any atom is 0.165 e. The van der Waals surface area contributed by atoms with Gasteiger partial charge in [0.1, 0.15) is 0 Å². The first-order valence-corrected chi connectivity index (χ1v) is 7.78. The minimum atomic E-state index is 0. The van der Waals surface area contributed by atoms with Crippen molar-refractivity contribution in [1.82, 2.24) is 5.32 Å². The van der Waals surface area contributed by atoms with Crippen molar-refractivity contribution in [3.63, 3.8) is 0 Å². The zero-order chi connectivity index (χ0) is 15.8. The first-order valence-electron chi connectivity index (χ1n) is 7.78. The second-order valence-corrected chi connectivity index (χ2v) is 5.29. The lowest BCUT2D eigenvalue weighted by molar-refractivity contribution is 0.349. The predicted octanol–water partition coefficient (Wildman–Crippen LogP) is 4.76. The third kappa shape index (κ3) is 5.15. The van der Waals surface area contributed by atoms with Crippen molar-refractivity contribution in [2.45, 2.75) is 32.4 Å². The van der Waals surface area contributed by atoms with Crippen LogP contribution in [0.15, 0.2) is 48.5 Å². The van der Waals surface area contributed by atoms with E-state index in [1.54, 1.807) is 14.2 Å². The summed E-state index contributed by atoms with van der Waals surface area (Å²) in [5.41, 5.74) is 2.44. The van der Waals surface area contributed by atoms with Gasteiger partial charge in [0.05, 0.1) is 14.2 Å². The molecule has 2 aromatic rings. The van der Waals surface area contributed by atoms with E-state index in [0.29, 0.717) is 6.04 Å². The lowest BCUT2D eigenvalue weighted by Crippen LogP contribution is -2.21. The van der Waals surface area contributed by atoms with Gasteiger partial charge < -0.3 is 14.8 Å². The van der Waals surface area contributed by atoms with Crippen molar-refractivity contribution in [2.24, 2.45) is 0 Å². The van der Waals surface area contributed by atoms with Gasteiger partial charge in [0, 0.05) is 18.2 Å². The van der Waals surface area contributed by atoms with E-state index in [9.17, 15) is 0 Å². The number of halogens is 1. The number of para-hydroxylation sites is 1. The van der Waals surface area contributed by atoms with Crippen LogP contribution in [0.25, 0.3) is 0 Å². The molecule has 0 spiro atoms. The Morgan fingerprint density at radius 3 is 2.30 bits per heavy atom. The van der Waals surface area contributed by atoms with Crippen LogP contribution >= 0.6 is 12.4 Å². The van der Waals surface area contributed by atoms with Crippen molar-refractivity contribution in [2.75, 3.05) is 14.2 Å². The fourth-order valence-corrected chi connectivity index (χ4v) is 2.69. The average Bonchev–Trinajstić information content (AvgIpc) is 2.58.